The second kappa shape index (κ2) is 3.98. The Morgan fingerprint density at radius 1 is 1.46 bits per heavy atom. The number of aliphatic hydroxyl groups is 1. The standard InChI is InChI=1S/C9H16NO.Al.HI.H/c1-2-10-7-3-4-8(10)6-9(11)5-7;;;/h7-8,11H,2-6H2,1H3;;1H;/q;+1;;/p-1. The highest BCUT2D eigenvalue weighted by molar-refractivity contribution is 14.1. The van der Waals surface area contributed by atoms with Gasteiger partial charge in [-0.05, 0) is 32.2 Å². The molecule has 0 spiro atoms. The van der Waals surface area contributed by atoms with Crippen molar-refractivity contribution in [2.24, 2.45) is 0 Å². The first-order chi connectivity index (χ1) is 6.18. The fourth-order valence-corrected chi connectivity index (χ4v) is 5.79. The Morgan fingerprint density at radius 2 is 2.00 bits per heavy atom. The van der Waals surface area contributed by atoms with E-state index < -0.39 is 0 Å². The Bertz CT molecular complexity index is 188. The van der Waals surface area contributed by atoms with Crippen LogP contribution < -0.4 is 0 Å². The van der Waals surface area contributed by atoms with Crippen LogP contribution in [0.15, 0.2) is 0 Å². The predicted octanol–water partition coefficient (Wildman–Crippen LogP) is 1.11. The van der Waals surface area contributed by atoms with Gasteiger partial charge in [0, 0.05) is 16.5 Å². The molecule has 74 valence electrons. The van der Waals surface area contributed by atoms with Gasteiger partial charge in [0.15, 0.2) is 0 Å². The quantitative estimate of drug-likeness (QED) is 0.610. The smallest absolute Gasteiger partial charge is 0.380 e. The van der Waals surface area contributed by atoms with E-state index >= 15 is 0 Å². The van der Waals surface area contributed by atoms with E-state index in [0.29, 0.717) is 12.1 Å². The zero-order valence-corrected chi connectivity index (χ0v) is 11.7. The molecule has 1 N–H and O–H groups in total. The lowest BCUT2D eigenvalue weighted by molar-refractivity contribution is 0.00839. The molecule has 0 aromatic carbocycles. The van der Waals surface area contributed by atoms with Gasteiger partial charge in [-0.3, -0.25) is 4.90 Å². The van der Waals surface area contributed by atoms with Gasteiger partial charge in [-0.25, -0.2) is 20.3 Å². The first kappa shape index (κ1) is 10.7. The van der Waals surface area contributed by atoms with E-state index in [4.69, 9.17) is 0 Å². The summed E-state index contributed by atoms with van der Waals surface area (Å²) in [5.74, 6) is 0. The minimum absolute atomic E-state index is 0.210. The third-order valence-corrected chi connectivity index (χ3v) is 8.95. The van der Waals surface area contributed by atoms with Crippen LogP contribution in [0.3, 0.4) is 0 Å². The highest BCUT2D eigenvalue weighted by Crippen LogP contribution is 2.40. The molecule has 0 aliphatic carbocycles. The fourth-order valence-electron chi connectivity index (χ4n) is 3.04. The van der Waals surface area contributed by atoms with Gasteiger partial charge in [0.05, 0.1) is 0 Å². The monoisotopic (exact) mass is 309 g/mol. The molecule has 2 unspecified atom stereocenters. The molecule has 0 aromatic heterocycles. The van der Waals surface area contributed by atoms with E-state index in [0.717, 1.165) is 12.8 Å². The summed E-state index contributed by atoms with van der Waals surface area (Å²) in [6, 6.07) is 1.41. The van der Waals surface area contributed by atoms with Crippen molar-refractivity contribution in [3.63, 3.8) is 0 Å². The molecule has 2 rings (SSSR count). The Labute approximate surface area is 97.4 Å². The maximum atomic E-state index is 10.3. The van der Waals surface area contributed by atoms with Gasteiger partial charge < -0.3 is 5.11 Å². The summed E-state index contributed by atoms with van der Waals surface area (Å²) in [6.07, 6.45) is 4.77. The molecule has 2 atom stereocenters. The third kappa shape index (κ3) is 1.94. The van der Waals surface area contributed by atoms with Crippen molar-refractivity contribution in [2.45, 2.75) is 49.2 Å². The van der Waals surface area contributed by atoms with Crippen LogP contribution in [0, 0.1) is 0 Å². The van der Waals surface area contributed by atoms with E-state index in [2.05, 4.69) is 32.1 Å². The maximum Gasteiger partial charge on any atom is 0.380 e. The average molecular weight is 309 g/mol. The van der Waals surface area contributed by atoms with Crippen molar-refractivity contribution in [3.8, 4) is 0 Å². The second-order valence-electron chi connectivity index (χ2n) is 4.48. The SMILES string of the molecule is CCN1C2CCC1C[C](O)([AlH][I])C2. The van der Waals surface area contributed by atoms with Gasteiger partial charge in [-0.2, -0.15) is 0 Å². The van der Waals surface area contributed by atoms with E-state index in [1.165, 1.54) is 19.4 Å². The van der Waals surface area contributed by atoms with Gasteiger partial charge >= 0.3 is 11.9 Å². The Morgan fingerprint density at radius 3 is 2.38 bits per heavy atom. The van der Waals surface area contributed by atoms with Gasteiger partial charge in [-0.15, -0.1) is 0 Å². The highest BCUT2D eigenvalue weighted by Gasteiger charge is 2.46. The van der Waals surface area contributed by atoms with E-state index in [9.17, 15) is 5.11 Å². The summed E-state index contributed by atoms with van der Waals surface area (Å²) in [6.45, 7) is 3.42. The Kier molecular flexibility index (Phi) is 3.27. The Balaban J connectivity index is 2.10. The second-order valence-corrected chi connectivity index (χ2v) is 8.35. The number of fused-ring (bicyclic) bond motifs is 2. The van der Waals surface area contributed by atoms with Crippen molar-refractivity contribution >= 4 is 32.2 Å². The summed E-state index contributed by atoms with van der Waals surface area (Å²) in [7, 11) is 0. The maximum absolute atomic E-state index is 10.3. The molecule has 0 saturated carbocycles. The molecule has 2 aliphatic rings. The zero-order valence-electron chi connectivity index (χ0n) is 8.17. The minimum atomic E-state index is -0.283. The van der Waals surface area contributed by atoms with Crippen molar-refractivity contribution in [2.75, 3.05) is 6.54 Å². The van der Waals surface area contributed by atoms with Crippen LogP contribution in [0.5, 0.6) is 0 Å². The first-order valence-electron chi connectivity index (χ1n) is 5.22. The first-order valence-corrected chi connectivity index (χ1v) is 11.0. The van der Waals surface area contributed by atoms with Crippen molar-refractivity contribution < 1.29 is 5.11 Å². The number of rotatable bonds is 2. The molecular formula is C9H17AlINO. The lowest BCUT2D eigenvalue weighted by Gasteiger charge is -2.42. The van der Waals surface area contributed by atoms with Crippen molar-refractivity contribution in [1.29, 1.82) is 0 Å². The lowest BCUT2D eigenvalue weighted by atomic mass is 9.99. The number of hydrogen-bond acceptors (Lipinski definition) is 2. The molecule has 2 heterocycles. The molecule has 0 radical (unpaired) electrons. The summed E-state index contributed by atoms with van der Waals surface area (Å²) < 4.78 is -0.210. The van der Waals surface area contributed by atoms with Gasteiger partial charge in [0.1, 0.15) is 0 Å². The Hall–Kier alpha value is 1.18. The number of hydrogen-bond donors (Lipinski definition) is 1. The van der Waals surface area contributed by atoms with Gasteiger partial charge in [-0.1, -0.05) is 6.92 Å². The largest absolute Gasteiger partial charge is 0.404 e. The molecule has 0 amide bonds. The summed E-state index contributed by atoms with van der Waals surface area (Å²) >= 11 is 2.18. The third-order valence-electron chi connectivity index (χ3n) is 3.62. The molecule has 0 aromatic rings. The van der Waals surface area contributed by atoms with Crippen LogP contribution in [-0.2, 0) is 0 Å². The highest BCUT2D eigenvalue weighted by atomic mass is 127. The molecule has 2 saturated heterocycles. The molecule has 2 aliphatic heterocycles. The van der Waals surface area contributed by atoms with E-state index in [1.54, 1.807) is 0 Å². The topological polar surface area (TPSA) is 23.5 Å². The number of halogens is 1. The van der Waals surface area contributed by atoms with Crippen LogP contribution in [0.25, 0.3) is 0 Å². The van der Waals surface area contributed by atoms with Crippen LogP contribution in [-0.4, -0.2) is 45.0 Å². The normalized spacial score (nSPS) is 45.2. The summed E-state index contributed by atoms with van der Waals surface area (Å²) in [5.41, 5.74) is 0. The number of piperidine rings is 1. The molecule has 2 nitrogen and oxygen atoms in total. The van der Waals surface area contributed by atoms with Crippen LogP contribution in [0.2, 0.25) is 0 Å². The molecule has 2 fully saturated rings. The lowest BCUT2D eigenvalue weighted by Crippen LogP contribution is -2.52. The summed E-state index contributed by atoms with van der Waals surface area (Å²) in [5, 5.41) is 10.3. The molecule has 4 heteroatoms. The van der Waals surface area contributed by atoms with Gasteiger partial charge in [0.25, 0.3) is 0 Å². The zero-order chi connectivity index (χ0) is 9.47. The number of nitrogens with zero attached hydrogens (tertiary/aromatic N) is 1. The minimum Gasteiger partial charge on any atom is -0.404 e. The van der Waals surface area contributed by atoms with Crippen LogP contribution >= 0.6 is 20.3 Å². The van der Waals surface area contributed by atoms with E-state index in [-0.39, 0.29) is 16.4 Å². The summed E-state index contributed by atoms with van der Waals surface area (Å²) in [4.78, 5) is 2.61. The molecule has 13 heavy (non-hydrogen) atoms. The predicted molar refractivity (Wildman–Crippen MR) is 64.5 cm³/mol. The van der Waals surface area contributed by atoms with Crippen molar-refractivity contribution in [3.05, 3.63) is 0 Å². The van der Waals surface area contributed by atoms with Gasteiger partial charge in [0.2, 0.25) is 0 Å². The van der Waals surface area contributed by atoms with Crippen LogP contribution in [0.1, 0.15) is 32.6 Å². The van der Waals surface area contributed by atoms with Crippen molar-refractivity contribution in [1.82, 2.24) is 4.90 Å². The molecular weight excluding hydrogens is 292 g/mol. The average Bonchev–Trinajstić information content (AvgIpc) is 2.39. The fraction of sp³-hybridized carbons (Fsp3) is 1.00. The van der Waals surface area contributed by atoms with Crippen LogP contribution in [0.4, 0.5) is 0 Å². The molecule has 2 bridgehead atoms. The van der Waals surface area contributed by atoms with E-state index in [1.807, 2.05) is 0 Å².